The second kappa shape index (κ2) is 8.20. The van der Waals surface area contributed by atoms with Gasteiger partial charge in [-0.1, -0.05) is 30.3 Å². The van der Waals surface area contributed by atoms with Crippen molar-refractivity contribution >= 4 is 17.3 Å². The summed E-state index contributed by atoms with van der Waals surface area (Å²) in [5.74, 6) is 3.56. The zero-order valence-corrected chi connectivity index (χ0v) is 15.1. The van der Waals surface area contributed by atoms with Gasteiger partial charge in [0.15, 0.2) is 0 Å². The minimum atomic E-state index is 0.674. The normalized spacial score (nSPS) is 10.3. The average molecular weight is 350 g/mol. The molecule has 0 aliphatic carbocycles. The molecule has 0 amide bonds. The van der Waals surface area contributed by atoms with Gasteiger partial charge in [0.05, 0.1) is 19.9 Å². The minimum absolute atomic E-state index is 0.674. The van der Waals surface area contributed by atoms with Crippen LogP contribution in [-0.4, -0.2) is 24.2 Å². The molecule has 1 heterocycles. The molecule has 0 saturated heterocycles. The van der Waals surface area contributed by atoms with E-state index in [4.69, 9.17) is 9.47 Å². The summed E-state index contributed by atoms with van der Waals surface area (Å²) in [7, 11) is 3.26. The van der Waals surface area contributed by atoms with Crippen molar-refractivity contribution in [2.24, 2.45) is 0 Å². The fraction of sp³-hybridized carbons (Fsp3) is 0.200. The van der Waals surface area contributed by atoms with Gasteiger partial charge in [0.1, 0.15) is 29.0 Å². The predicted octanol–water partition coefficient (Wildman–Crippen LogP) is 4.16. The van der Waals surface area contributed by atoms with Crippen molar-refractivity contribution in [1.82, 2.24) is 9.97 Å². The van der Waals surface area contributed by atoms with E-state index in [0.717, 1.165) is 17.3 Å². The van der Waals surface area contributed by atoms with E-state index < -0.39 is 0 Å². The van der Waals surface area contributed by atoms with E-state index in [2.05, 4.69) is 32.7 Å². The molecular weight excluding hydrogens is 328 g/mol. The van der Waals surface area contributed by atoms with E-state index in [1.165, 1.54) is 5.56 Å². The molecule has 3 rings (SSSR count). The number of rotatable bonds is 7. The van der Waals surface area contributed by atoms with Gasteiger partial charge in [-0.3, -0.25) is 0 Å². The third-order valence-corrected chi connectivity index (χ3v) is 3.82. The average Bonchev–Trinajstić information content (AvgIpc) is 2.66. The zero-order chi connectivity index (χ0) is 18.4. The molecule has 0 aliphatic heterocycles. The largest absolute Gasteiger partial charge is 0.497 e. The lowest BCUT2D eigenvalue weighted by molar-refractivity contribution is 0.405. The monoisotopic (exact) mass is 350 g/mol. The molecule has 134 valence electrons. The smallest absolute Gasteiger partial charge is 0.142 e. The predicted molar refractivity (Wildman–Crippen MR) is 103 cm³/mol. The van der Waals surface area contributed by atoms with Crippen molar-refractivity contribution in [1.29, 1.82) is 0 Å². The number of ether oxygens (including phenoxy) is 2. The lowest BCUT2D eigenvalue weighted by Crippen LogP contribution is -2.05. The molecule has 0 atom stereocenters. The molecule has 2 N–H and O–H groups in total. The van der Waals surface area contributed by atoms with E-state index in [1.807, 2.05) is 49.4 Å². The second-order valence-electron chi connectivity index (χ2n) is 5.72. The summed E-state index contributed by atoms with van der Waals surface area (Å²) in [4.78, 5) is 8.91. The molecule has 6 heteroatoms. The highest BCUT2D eigenvalue weighted by Crippen LogP contribution is 2.31. The Bertz CT molecular complexity index is 869. The molecular formula is C20H22N4O2. The van der Waals surface area contributed by atoms with Crippen LogP contribution >= 0.6 is 0 Å². The molecule has 0 bridgehead atoms. The van der Waals surface area contributed by atoms with Gasteiger partial charge >= 0.3 is 0 Å². The van der Waals surface area contributed by atoms with Gasteiger partial charge in [-0.05, 0) is 24.6 Å². The van der Waals surface area contributed by atoms with Gasteiger partial charge < -0.3 is 20.1 Å². The maximum Gasteiger partial charge on any atom is 0.142 e. The Hall–Kier alpha value is -3.28. The van der Waals surface area contributed by atoms with Crippen LogP contribution in [-0.2, 0) is 6.54 Å². The molecule has 0 aliphatic rings. The summed E-state index contributed by atoms with van der Waals surface area (Å²) in [5.41, 5.74) is 1.96. The van der Waals surface area contributed by atoms with Crippen LogP contribution in [0.15, 0.2) is 54.6 Å². The maximum absolute atomic E-state index is 5.41. The van der Waals surface area contributed by atoms with Crippen LogP contribution in [0.1, 0.15) is 11.4 Å². The van der Waals surface area contributed by atoms with Gasteiger partial charge in [-0.2, -0.15) is 0 Å². The van der Waals surface area contributed by atoms with Crippen LogP contribution in [0.5, 0.6) is 11.5 Å². The molecule has 26 heavy (non-hydrogen) atoms. The summed E-state index contributed by atoms with van der Waals surface area (Å²) >= 11 is 0. The van der Waals surface area contributed by atoms with Crippen molar-refractivity contribution in [2.45, 2.75) is 13.5 Å². The van der Waals surface area contributed by atoms with Crippen LogP contribution in [0.4, 0.5) is 17.3 Å². The number of aryl methyl sites for hydroxylation is 1. The van der Waals surface area contributed by atoms with E-state index in [1.54, 1.807) is 14.2 Å². The summed E-state index contributed by atoms with van der Waals surface area (Å²) in [6.07, 6.45) is 0. The van der Waals surface area contributed by atoms with Crippen LogP contribution in [0.3, 0.4) is 0 Å². The first-order valence-corrected chi connectivity index (χ1v) is 8.30. The van der Waals surface area contributed by atoms with Gasteiger partial charge in [0.25, 0.3) is 0 Å². The minimum Gasteiger partial charge on any atom is -0.497 e. The van der Waals surface area contributed by atoms with Crippen molar-refractivity contribution in [2.75, 3.05) is 24.9 Å². The maximum atomic E-state index is 5.41. The van der Waals surface area contributed by atoms with Gasteiger partial charge in [0, 0.05) is 18.7 Å². The summed E-state index contributed by atoms with van der Waals surface area (Å²) in [6, 6.07) is 17.6. The number of aromatic nitrogens is 2. The van der Waals surface area contributed by atoms with E-state index in [0.29, 0.717) is 23.9 Å². The van der Waals surface area contributed by atoms with Crippen LogP contribution in [0.25, 0.3) is 0 Å². The lowest BCUT2D eigenvalue weighted by Gasteiger charge is -2.13. The Balaban J connectivity index is 1.79. The van der Waals surface area contributed by atoms with Gasteiger partial charge in [0.2, 0.25) is 0 Å². The highest BCUT2D eigenvalue weighted by atomic mass is 16.5. The molecule has 1 aromatic heterocycles. The van der Waals surface area contributed by atoms with Crippen molar-refractivity contribution < 1.29 is 9.47 Å². The van der Waals surface area contributed by atoms with Crippen molar-refractivity contribution in [3.63, 3.8) is 0 Å². The molecule has 3 aromatic rings. The van der Waals surface area contributed by atoms with Crippen LogP contribution in [0.2, 0.25) is 0 Å². The summed E-state index contributed by atoms with van der Waals surface area (Å²) in [6.45, 7) is 2.56. The molecule has 0 fully saturated rings. The molecule has 0 saturated carbocycles. The highest BCUT2D eigenvalue weighted by Gasteiger charge is 2.08. The van der Waals surface area contributed by atoms with Gasteiger partial charge in [-0.15, -0.1) is 0 Å². The molecule has 2 aromatic carbocycles. The third kappa shape index (κ3) is 4.42. The van der Waals surface area contributed by atoms with Crippen LogP contribution in [0, 0.1) is 6.92 Å². The van der Waals surface area contributed by atoms with Crippen molar-refractivity contribution in [3.8, 4) is 11.5 Å². The Morgan fingerprint density at radius 1 is 0.885 bits per heavy atom. The number of benzene rings is 2. The Morgan fingerprint density at radius 2 is 1.65 bits per heavy atom. The lowest BCUT2D eigenvalue weighted by atomic mass is 10.2. The standard InChI is InChI=1S/C20H22N4O2/c1-14-22-19(21-13-15-7-5-4-6-8-15)12-20(23-14)24-17-11-16(25-2)9-10-18(17)26-3/h4-12H,13H2,1-3H3,(H2,21,22,23,24). The first-order valence-electron chi connectivity index (χ1n) is 8.30. The quantitative estimate of drug-likeness (QED) is 0.667. The third-order valence-electron chi connectivity index (χ3n) is 3.82. The van der Waals surface area contributed by atoms with Crippen LogP contribution < -0.4 is 20.1 Å². The first-order chi connectivity index (χ1) is 12.7. The zero-order valence-electron chi connectivity index (χ0n) is 15.1. The number of nitrogens with one attached hydrogen (secondary N) is 2. The van der Waals surface area contributed by atoms with E-state index in [-0.39, 0.29) is 0 Å². The Labute approximate surface area is 153 Å². The summed E-state index contributed by atoms with van der Waals surface area (Å²) in [5, 5.41) is 6.61. The summed E-state index contributed by atoms with van der Waals surface area (Å²) < 4.78 is 10.7. The number of anilines is 3. The SMILES string of the molecule is COc1ccc(OC)c(Nc2cc(NCc3ccccc3)nc(C)n2)c1. The Kier molecular flexibility index (Phi) is 5.53. The molecule has 6 nitrogen and oxygen atoms in total. The van der Waals surface area contributed by atoms with Gasteiger partial charge in [-0.25, -0.2) is 9.97 Å². The number of hydrogen-bond donors (Lipinski definition) is 2. The molecule has 0 radical (unpaired) electrons. The second-order valence-corrected chi connectivity index (χ2v) is 5.72. The molecule has 0 spiro atoms. The van der Waals surface area contributed by atoms with Crippen molar-refractivity contribution in [3.05, 3.63) is 66.0 Å². The first kappa shape index (κ1) is 17.5. The van der Waals surface area contributed by atoms with E-state index in [9.17, 15) is 0 Å². The fourth-order valence-corrected chi connectivity index (χ4v) is 2.56. The van der Waals surface area contributed by atoms with E-state index >= 15 is 0 Å². The fourth-order valence-electron chi connectivity index (χ4n) is 2.56. The number of nitrogens with zero attached hydrogens (tertiary/aromatic N) is 2. The highest BCUT2D eigenvalue weighted by molar-refractivity contribution is 5.67. The Morgan fingerprint density at radius 3 is 2.38 bits per heavy atom. The topological polar surface area (TPSA) is 68.3 Å². The number of methoxy groups -OCH3 is 2. The number of hydrogen-bond acceptors (Lipinski definition) is 6. The molecule has 0 unspecified atom stereocenters.